The number of carbonyl (C=O) groups is 3. The predicted octanol–water partition coefficient (Wildman–Crippen LogP) is 0.828. The molecule has 0 spiro atoms. The number of benzene rings is 1. The van der Waals surface area contributed by atoms with Gasteiger partial charge in [0.05, 0.1) is 0 Å². The number of rotatable bonds is 5. The molecule has 1 saturated heterocycles. The van der Waals surface area contributed by atoms with Gasteiger partial charge in [-0.15, -0.1) is 0 Å². The Morgan fingerprint density at radius 3 is 2.50 bits per heavy atom. The van der Waals surface area contributed by atoms with E-state index in [0.717, 1.165) is 12.8 Å². The first kappa shape index (κ1) is 14.6. The molecule has 1 aliphatic heterocycles. The van der Waals surface area contributed by atoms with Gasteiger partial charge in [0.25, 0.3) is 5.91 Å². The highest BCUT2D eigenvalue weighted by molar-refractivity contribution is 5.90. The average molecular weight is 302 g/mol. The van der Waals surface area contributed by atoms with Gasteiger partial charge in [-0.3, -0.25) is 9.59 Å². The maximum absolute atomic E-state index is 12.3. The van der Waals surface area contributed by atoms with Crippen LogP contribution in [-0.4, -0.2) is 29.9 Å². The van der Waals surface area contributed by atoms with Gasteiger partial charge in [-0.05, 0) is 19.3 Å². The van der Waals surface area contributed by atoms with E-state index in [1.54, 1.807) is 24.3 Å². The van der Waals surface area contributed by atoms with E-state index in [0.29, 0.717) is 18.4 Å². The molecule has 2 aliphatic rings. The lowest BCUT2D eigenvalue weighted by Crippen LogP contribution is -2.39. The molecule has 1 heterocycles. The number of nitrogens with one attached hydrogen (secondary N) is 2. The highest BCUT2D eigenvalue weighted by Crippen LogP contribution is 2.24. The Labute approximate surface area is 128 Å². The molecule has 6 nitrogen and oxygen atoms in total. The second-order valence-electron chi connectivity index (χ2n) is 5.67. The van der Waals surface area contributed by atoms with Gasteiger partial charge in [-0.1, -0.05) is 30.3 Å². The van der Waals surface area contributed by atoms with Gasteiger partial charge in [0, 0.05) is 18.0 Å². The fourth-order valence-electron chi connectivity index (χ4n) is 2.39. The van der Waals surface area contributed by atoms with Crippen molar-refractivity contribution in [2.75, 3.05) is 0 Å². The SMILES string of the molecule is O=C1CC[C@@H](C(=O)O[C@H](C(=O)NC2CC2)c2ccccc2)N1. The summed E-state index contributed by atoms with van der Waals surface area (Å²) in [6.07, 6.45) is 1.65. The first-order chi connectivity index (χ1) is 10.6. The van der Waals surface area contributed by atoms with Gasteiger partial charge in [-0.25, -0.2) is 4.79 Å². The zero-order chi connectivity index (χ0) is 15.5. The van der Waals surface area contributed by atoms with E-state index in [4.69, 9.17) is 4.74 Å². The van der Waals surface area contributed by atoms with Crippen molar-refractivity contribution in [1.29, 1.82) is 0 Å². The summed E-state index contributed by atoms with van der Waals surface area (Å²) in [6.45, 7) is 0. The van der Waals surface area contributed by atoms with Crippen LogP contribution < -0.4 is 10.6 Å². The van der Waals surface area contributed by atoms with Crippen LogP contribution in [0.1, 0.15) is 37.4 Å². The summed E-state index contributed by atoms with van der Waals surface area (Å²) in [5.74, 6) is -1.04. The molecule has 6 heteroatoms. The van der Waals surface area contributed by atoms with E-state index in [-0.39, 0.29) is 17.9 Å². The van der Waals surface area contributed by atoms with Crippen LogP contribution in [0.25, 0.3) is 0 Å². The topological polar surface area (TPSA) is 84.5 Å². The minimum atomic E-state index is -0.980. The smallest absolute Gasteiger partial charge is 0.329 e. The van der Waals surface area contributed by atoms with E-state index in [1.165, 1.54) is 0 Å². The molecule has 116 valence electrons. The summed E-state index contributed by atoms with van der Waals surface area (Å²) in [5, 5.41) is 5.41. The summed E-state index contributed by atoms with van der Waals surface area (Å²) in [5.41, 5.74) is 0.623. The molecule has 0 unspecified atom stereocenters. The van der Waals surface area contributed by atoms with E-state index in [2.05, 4.69) is 10.6 Å². The van der Waals surface area contributed by atoms with Crippen LogP contribution in [0.3, 0.4) is 0 Å². The van der Waals surface area contributed by atoms with E-state index < -0.39 is 18.1 Å². The van der Waals surface area contributed by atoms with E-state index in [1.807, 2.05) is 6.07 Å². The van der Waals surface area contributed by atoms with Crippen LogP contribution in [0.4, 0.5) is 0 Å². The Hall–Kier alpha value is -2.37. The Morgan fingerprint density at radius 2 is 1.91 bits per heavy atom. The van der Waals surface area contributed by atoms with Crippen molar-refractivity contribution < 1.29 is 19.1 Å². The highest BCUT2D eigenvalue weighted by Gasteiger charge is 2.34. The molecule has 2 fully saturated rings. The largest absolute Gasteiger partial charge is 0.446 e. The molecule has 3 rings (SSSR count). The average Bonchev–Trinajstić information content (AvgIpc) is 3.23. The number of carbonyl (C=O) groups excluding carboxylic acids is 3. The van der Waals surface area contributed by atoms with Crippen LogP contribution in [0.5, 0.6) is 0 Å². The van der Waals surface area contributed by atoms with Gasteiger partial charge in [-0.2, -0.15) is 0 Å². The summed E-state index contributed by atoms with van der Waals surface area (Å²) < 4.78 is 5.39. The third-order valence-corrected chi connectivity index (χ3v) is 3.78. The van der Waals surface area contributed by atoms with Gasteiger partial charge < -0.3 is 15.4 Å². The maximum Gasteiger partial charge on any atom is 0.329 e. The molecule has 0 aromatic heterocycles. The number of amides is 2. The molecule has 2 amide bonds. The molecule has 0 bridgehead atoms. The van der Waals surface area contributed by atoms with Gasteiger partial charge in [0.1, 0.15) is 6.04 Å². The molecule has 1 aliphatic carbocycles. The van der Waals surface area contributed by atoms with Gasteiger partial charge >= 0.3 is 5.97 Å². The predicted molar refractivity (Wildman–Crippen MR) is 77.6 cm³/mol. The molecule has 22 heavy (non-hydrogen) atoms. The summed E-state index contributed by atoms with van der Waals surface area (Å²) in [7, 11) is 0. The molecule has 2 atom stereocenters. The molecule has 0 radical (unpaired) electrons. The number of esters is 1. The number of hydrogen-bond acceptors (Lipinski definition) is 4. The second-order valence-corrected chi connectivity index (χ2v) is 5.67. The van der Waals surface area contributed by atoms with Crippen molar-refractivity contribution in [3.8, 4) is 0 Å². The molecule has 1 aromatic rings. The van der Waals surface area contributed by atoms with Crippen LogP contribution >= 0.6 is 0 Å². The van der Waals surface area contributed by atoms with Crippen molar-refractivity contribution in [2.24, 2.45) is 0 Å². The van der Waals surface area contributed by atoms with Crippen molar-refractivity contribution in [3.63, 3.8) is 0 Å². The second kappa shape index (κ2) is 6.17. The van der Waals surface area contributed by atoms with Crippen LogP contribution in [0, 0.1) is 0 Å². The van der Waals surface area contributed by atoms with E-state index in [9.17, 15) is 14.4 Å². The lowest BCUT2D eigenvalue weighted by Gasteiger charge is -2.20. The lowest BCUT2D eigenvalue weighted by molar-refractivity contribution is -0.158. The van der Waals surface area contributed by atoms with E-state index >= 15 is 0 Å². The third-order valence-electron chi connectivity index (χ3n) is 3.78. The van der Waals surface area contributed by atoms with Crippen LogP contribution in [0.2, 0.25) is 0 Å². The maximum atomic E-state index is 12.3. The number of ether oxygens (including phenoxy) is 1. The summed E-state index contributed by atoms with van der Waals surface area (Å²) >= 11 is 0. The quantitative estimate of drug-likeness (QED) is 0.789. The van der Waals surface area contributed by atoms with Gasteiger partial charge in [0.15, 0.2) is 0 Å². The normalized spacial score (nSPS) is 21.8. The monoisotopic (exact) mass is 302 g/mol. The van der Waals surface area contributed by atoms with Crippen molar-refractivity contribution in [3.05, 3.63) is 35.9 Å². The highest BCUT2D eigenvalue weighted by atomic mass is 16.5. The Bertz CT molecular complexity index is 583. The first-order valence-corrected chi connectivity index (χ1v) is 7.48. The minimum Gasteiger partial charge on any atom is -0.446 e. The number of hydrogen-bond donors (Lipinski definition) is 2. The first-order valence-electron chi connectivity index (χ1n) is 7.48. The van der Waals surface area contributed by atoms with Crippen molar-refractivity contribution >= 4 is 17.8 Å². The Morgan fingerprint density at radius 1 is 1.18 bits per heavy atom. The molecule has 1 saturated carbocycles. The van der Waals surface area contributed by atoms with Gasteiger partial charge in [0.2, 0.25) is 12.0 Å². The molecule has 1 aromatic carbocycles. The Balaban J connectivity index is 1.71. The molecule has 2 N–H and O–H groups in total. The molecular formula is C16H18N2O4. The zero-order valence-corrected chi connectivity index (χ0v) is 12.1. The van der Waals surface area contributed by atoms with Crippen LogP contribution in [0.15, 0.2) is 30.3 Å². The Kier molecular flexibility index (Phi) is 4.09. The van der Waals surface area contributed by atoms with Crippen LogP contribution in [-0.2, 0) is 19.1 Å². The fraction of sp³-hybridized carbons (Fsp3) is 0.438. The standard InChI is InChI=1S/C16H18N2O4/c19-13-9-8-12(18-13)16(21)22-14(10-4-2-1-3-5-10)15(20)17-11-6-7-11/h1-5,11-12,14H,6-9H2,(H,17,20)(H,18,19)/t12-,14-/m0/s1. The third kappa shape index (κ3) is 3.44. The minimum absolute atomic E-state index is 0.166. The molecular weight excluding hydrogens is 284 g/mol. The fourth-order valence-corrected chi connectivity index (χ4v) is 2.39. The zero-order valence-electron chi connectivity index (χ0n) is 12.1. The summed E-state index contributed by atoms with van der Waals surface area (Å²) in [4.78, 5) is 35.7. The summed E-state index contributed by atoms with van der Waals surface area (Å²) in [6, 6.07) is 8.43. The van der Waals surface area contributed by atoms with Crippen molar-refractivity contribution in [2.45, 2.75) is 43.9 Å². The lowest BCUT2D eigenvalue weighted by atomic mass is 10.1. The van der Waals surface area contributed by atoms with Crippen molar-refractivity contribution in [1.82, 2.24) is 10.6 Å².